The van der Waals surface area contributed by atoms with Gasteiger partial charge in [-0.2, -0.15) is 10.2 Å². The standard InChI is InChI=1S/C10H9FN2/c1-6-3-8-5-12-13-7(2)10(8)9(11)4-6/h3-5H,1-2H3. The van der Waals surface area contributed by atoms with Crippen LogP contribution in [0.25, 0.3) is 10.8 Å². The first-order valence-electron chi connectivity index (χ1n) is 4.06. The van der Waals surface area contributed by atoms with Gasteiger partial charge in [-0.05, 0) is 31.5 Å². The Hall–Kier alpha value is -1.51. The molecular formula is C10H9FN2. The predicted molar refractivity (Wildman–Crippen MR) is 49.0 cm³/mol. The summed E-state index contributed by atoms with van der Waals surface area (Å²) in [5.74, 6) is -0.220. The summed E-state index contributed by atoms with van der Waals surface area (Å²) in [6.45, 7) is 3.62. The number of aryl methyl sites for hydroxylation is 2. The first kappa shape index (κ1) is 8.10. The molecule has 3 heteroatoms. The maximum atomic E-state index is 13.4. The zero-order valence-corrected chi connectivity index (χ0v) is 7.50. The lowest BCUT2D eigenvalue weighted by Crippen LogP contribution is -1.91. The van der Waals surface area contributed by atoms with Crippen LogP contribution in [0.2, 0.25) is 0 Å². The Kier molecular flexibility index (Phi) is 1.72. The third-order valence-electron chi connectivity index (χ3n) is 2.03. The van der Waals surface area contributed by atoms with E-state index in [0.717, 1.165) is 10.9 Å². The first-order valence-corrected chi connectivity index (χ1v) is 4.06. The van der Waals surface area contributed by atoms with Crippen LogP contribution in [0.3, 0.4) is 0 Å². The third-order valence-corrected chi connectivity index (χ3v) is 2.03. The Morgan fingerprint density at radius 1 is 1.23 bits per heavy atom. The molecule has 0 aliphatic carbocycles. The van der Waals surface area contributed by atoms with Crippen LogP contribution < -0.4 is 0 Å². The molecule has 0 aliphatic rings. The largest absolute Gasteiger partial charge is 0.206 e. The summed E-state index contributed by atoms with van der Waals surface area (Å²) in [4.78, 5) is 0. The second-order valence-corrected chi connectivity index (χ2v) is 3.14. The smallest absolute Gasteiger partial charge is 0.133 e. The van der Waals surface area contributed by atoms with Crippen LogP contribution >= 0.6 is 0 Å². The van der Waals surface area contributed by atoms with Crippen molar-refractivity contribution in [3.63, 3.8) is 0 Å². The van der Waals surface area contributed by atoms with Crippen molar-refractivity contribution in [2.45, 2.75) is 13.8 Å². The van der Waals surface area contributed by atoms with Crippen molar-refractivity contribution in [1.82, 2.24) is 10.2 Å². The highest BCUT2D eigenvalue weighted by molar-refractivity contribution is 5.84. The number of fused-ring (bicyclic) bond motifs is 1. The normalized spacial score (nSPS) is 10.7. The zero-order chi connectivity index (χ0) is 9.42. The van der Waals surface area contributed by atoms with Crippen LogP contribution in [0.15, 0.2) is 18.3 Å². The molecule has 2 aromatic rings. The van der Waals surface area contributed by atoms with Gasteiger partial charge in [0.1, 0.15) is 5.82 Å². The highest BCUT2D eigenvalue weighted by Gasteiger charge is 2.05. The molecule has 0 bridgehead atoms. The van der Waals surface area contributed by atoms with E-state index in [1.165, 1.54) is 6.07 Å². The van der Waals surface area contributed by atoms with Crippen molar-refractivity contribution in [1.29, 1.82) is 0 Å². The van der Waals surface area contributed by atoms with Gasteiger partial charge < -0.3 is 0 Å². The summed E-state index contributed by atoms with van der Waals surface area (Å²) in [6.07, 6.45) is 1.58. The minimum Gasteiger partial charge on any atom is -0.206 e. The molecule has 2 rings (SSSR count). The van der Waals surface area contributed by atoms with Gasteiger partial charge in [0, 0.05) is 10.8 Å². The fourth-order valence-corrected chi connectivity index (χ4v) is 1.48. The molecule has 2 nitrogen and oxygen atoms in total. The molecule has 0 radical (unpaired) electrons. The topological polar surface area (TPSA) is 25.8 Å². The maximum Gasteiger partial charge on any atom is 0.133 e. The van der Waals surface area contributed by atoms with E-state index in [2.05, 4.69) is 10.2 Å². The number of hydrogen-bond donors (Lipinski definition) is 0. The number of rotatable bonds is 0. The number of hydrogen-bond acceptors (Lipinski definition) is 2. The average Bonchev–Trinajstić information content (AvgIpc) is 2.02. The van der Waals surface area contributed by atoms with Crippen LogP contribution in [0.5, 0.6) is 0 Å². The molecule has 66 valence electrons. The van der Waals surface area contributed by atoms with Gasteiger partial charge in [0.25, 0.3) is 0 Å². The van der Waals surface area contributed by atoms with Gasteiger partial charge in [-0.3, -0.25) is 0 Å². The molecule has 0 amide bonds. The van der Waals surface area contributed by atoms with Gasteiger partial charge in [-0.1, -0.05) is 0 Å². The molecular weight excluding hydrogens is 167 g/mol. The molecule has 0 spiro atoms. The van der Waals surface area contributed by atoms with Crippen molar-refractivity contribution in [3.8, 4) is 0 Å². The molecule has 1 aromatic heterocycles. The van der Waals surface area contributed by atoms with E-state index in [1.807, 2.05) is 13.0 Å². The van der Waals surface area contributed by atoms with Crippen molar-refractivity contribution in [2.24, 2.45) is 0 Å². The molecule has 13 heavy (non-hydrogen) atoms. The van der Waals surface area contributed by atoms with Gasteiger partial charge in [0.2, 0.25) is 0 Å². The van der Waals surface area contributed by atoms with E-state index >= 15 is 0 Å². The Labute approximate surface area is 75.4 Å². The monoisotopic (exact) mass is 176 g/mol. The average molecular weight is 176 g/mol. The lowest BCUT2D eigenvalue weighted by Gasteiger charge is -2.02. The Morgan fingerprint density at radius 2 is 2.00 bits per heavy atom. The maximum absolute atomic E-state index is 13.4. The molecule has 0 N–H and O–H groups in total. The molecule has 1 aromatic carbocycles. The summed E-state index contributed by atoms with van der Waals surface area (Å²) < 4.78 is 13.4. The van der Waals surface area contributed by atoms with Crippen LogP contribution in [-0.2, 0) is 0 Å². The van der Waals surface area contributed by atoms with Gasteiger partial charge in [0.15, 0.2) is 0 Å². The quantitative estimate of drug-likeness (QED) is 0.616. The Balaban J connectivity index is 2.94. The van der Waals surface area contributed by atoms with E-state index in [-0.39, 0.29) is 5.82 Å². The highest BCUT2D eigenvalue weighted by Crippen LogP contribution is 2.20. The van der Waals surface area contributed by atoms with Crippen LogP contribution in [-0.4, -0.2) is 10.2 Å². The van der Waals surface area contributed by atoms with E-state index in [4.69, 9.17) is 0 Å². The molecule has 0 fully saturated rings. The van der Waals surface area contributed by atoms with Gasteiger partial charge >= 0.3 is 0 Å². The summed E-state index contributed by atoms with van der Waals surface area (Å²) in [5.41, 5.74) is 1.53. The second-order valence-electron chi connectivity index (χ2n) is 3.14. The summed E-state index contributed by atoms with van der Waals surface area (Å²) >= 11 is 0. The number of nitrogens with zero attached hydrogens (tertiary/aromatic N) is 2. The molecule has 0 unspecified atom stereocenters. The minimum atomic E-state index is -0.220. The molecule has 0 atom stereocenters. The van der Waals surface area contributed by atoms with Crippen molar-refractivity contribution < 1.29 is 4.39 Å². The summed E-state index contributed by atoms with van der Waals surface area (Å²) in [5, 5.41) is 8.97. The fourth-order valence-electron chi connectivity index (χ4n) is 1.48. The van der Waals surface area contributed by atoms with E-state index in [1.54, 1.807) is 13.1 Å². The molecule has 0 saturated carbocycles. The van der Waals surface area contributed by atoms with Gasteiger partial charge in [-0.15, -0.1) is 0 Å². The van der Waals surface area contributed by atoms with Crippen LogP contribution in [0, 0.1) is 19.7 Å². The summed E-state index contributed by atoms with van der Waals surface area (Å²) in [6, 6.07) is 3.41. The van der Waals surface area contributed by atoms with Gasteiger partial charge in [0.05, 0.1) is 11.9 Å². The van der Waals surface area contributed by atoms with E-state index < -0.39 is 0 Å². The SMILES string of the molecule is Cc1cc(F)c2c(C)nncc2c1. The number of benzene rings is 1. The number of aromatic nitrogens is 2. The van der Waals surface area contributed by atoms with Crippen molar-refractivity contribution in [2.75, 3.05) is 0 Å². The third kappa shape index (κ3) is 1.26. The second kappa shape index (κ2) is 2.76. The summed E-state index contributed by atoms with van der Waals surface area (Å²) in [7, 11) is 0. The predicted octanol–water partition coefficient (Wildman–Crippen LogP) is 2.39. The lowest BCUT2D eigenvalue weighted by atomic mass is 10.1. The Morgan fingerprint density at radius 3 is 2.77 bits per heavy atom. The van der Waals surface area contributed by atoms with Gasteiger partial charge in [-0.25, -0.2) is 4.39 Å². The van der Waals surface area contributed by atoms with E-state index in [0.29, 0.717) is 11.1 Å². The Bertz CT molecular complexity index is 466. The lowest BCUT2D eigenvalue weighted by molar-refractivity contribution is 0.637. The molecule has 0 saturated heterocycles. The fraction of sp³-hybridized carbons (Fsp3) is 0.200. The van der Waals surface area contributed by atoms with Crippen LogP contribution in [0.1, 0.15) is 11.3 Å². The highest BCUT2D eigenvalue weighted by atomic mass is 19.1. The van der Waals surface area contributed by atoms with E-state index in [9.17, 15) is 4.39 Å². The van der Waals surface area contributed by atoms with Crippen LogP contribution in [0.4, 0.5) is 4.39 Å². The molecule has 0 aliphatic heterocycles. The molecule has 1 heterocycles. The zero-order valence-electron chi connectivity index (χ0n) is 7.50. The number of halogens is 1. The minimum absolute atomic E-state index is 0.220. The first-order chi connectivity index (χ1) is 6.18. The van der Waals surface area contributed by atoms with Crippen molar-refractivity contribution >= 4 is 10.8 Å². The van der Waals surface area contributed by atoms with Crippen molar-refractivity contribution in [3.05, 3.63) is 35.4 Å².